The van der Waals surface area contributed by atoms with Crippen molar-refractivity contribution < 1.29 is 0 Å². The number of benzene rings is 2. The summed E-state index contributed by atoms with van der Waals surface area (Å²) >= 11 is 8.81. The Balaban J connectivity index is 1.87. The van der Waals surface area contributed by atoms with Gasteiger partial charge in [0.05, 0.1) is 0 Å². The standard InChI is InChI=1S/C17H12S3/c18-17-19-15-7-11-5-13-9-1-2-10(4-3-9)14(13)6-12(11)8-16(15)20-17/h1-2,5-10H,3-4H2. The van der Waals surface area contributed by atoms with Crippen LogP contribution in [0.1, 0.15) is 35.8 Å². The van der Waals surface area contributed by atoms with Gasteiger partial charge in [-0.1, -0.05) is 36.5 Å². The predicted molar refractivity (Wildman–Crippen MR) is 91.9 cm³/mol. The molecule has 1 heterocycles. The Bertz CT molecular complexity index is 868. The number of hydrogen-bond donors (Lipinski definition) is 0. The molecule has 2 atom stereocenters. The fourth-order valence-electron chi connectivity index (χ4n) is 3.68. The molecule has 3 aliphatic rings. The SMILES string of the molecule is S=c1sc2cc3cc4c(cc3cc2s1)C1C=CC4CC1. The number of allylic oxidation sites excluding steroid dienone is 2. The lowest BCUT2D eigenvalue weighted by atomic mass is 9.71. The van der Waals surface area contributed by atoms with E-state index in [0.29, 0.717) is 11.8 Å². The van der Waals surface area contributed by atoms with E-state index in [9.17, 15) is 0 Å². The maximum Gasteiger partial charge on any atom is 0.144 e. The van der Waals surface area contributed by atoms with Gasteiger partial charge in [-0.2, -0.15) is 0 Å². The topological polar surface area (TPSA) is 0 Å². The molecule has 2 unspecified atom stereocenters. The van der Waals surface area contributed by atoms with Gasteiger partial charge in [0, 0.05) is 21.2 Å². The zero-order valence-electron chi connectivity index (χ0n) is 10.8. The molecule has 2 aromatic carbocycles. The highest BCUT2D eigenvalue weighted by atomic mass is 32.2. The summed E-state index contributed by atoms with van der Waals surface area (Å²) in [6, 6.07) is 9.51. The van der Waals surface area contributed by atoms with Crippen LogP contribution >= 0.6 is 34.9 Å². The van der Waals surface area contributed by atoms with Crippen molar-refractivity contribution in [2.75, 3.05) is 0 Å². The second-order valence-electron chi connectivity index (χ2n) is 5.76. The van der Waals surface area contributed by atoms with E-state index >= 15 is 0 Å². The lowest BCUT2D eigenvalue weighted by molar-refractivity contribution is 0.554. The number of rotatable bonds is 0. The van der Waals surface area contributed by atoms with Crippen molar-refractivity contribution in [3.8, 4) is 0 Å². The molecule has 3 aromatic rings. The largest absolute Gasteiger partial charge is 0.144 e. The smallest absolute Gasteiger partial charge is 0.113 e. The van der Waals surface area contributed by atoms with Crippen molar-refractivity contribution in [1.82, 2.24) is 0 Å². The van der Waals surface area contributed by atoms with Crippen LogP contribution in [-0.2, 0) is 0 Å². The predicted octanol–water partition coefficient (Wildman–Crippen LogP) is 6.38. The van der Waals surface area contributed by atoms with Gasteiger partial charge >= 0.3 is 0 Å². The fraction of sp³-hybridized carbons (Fsp3) is 0.235. The van der Waals surface area contributed by atoms with E-state index in [0.717, 1.165) is 3.14 Å². The highest BCUT2D eigenvalue weighted by Crippen LogP contribution is 2.46. The molecule has 6 rings (SSSR count). The number of fused-ring (bicyclic) bond motifs is 3. The Morgan fingerprint density at radius 1 is 0.800 bits per heavy atom. The summed E-state index contributed by atoms with van der Waals surface area (Å²) < 4.78 is 3.70. The van der Waals surface area contributed by atoms with Crippen LogP contribution in [0.3, 0.4) is 0 Å². The second kappa shape index (κ2) is 4.00. The van der Waals surface area contributed by atoms with Crippen molar-refractivity contribution in [3.05, 3.63) is 50.7 Å². The summed E-state index contributed by atoms with van der Waals surface area (Å²) in [5.41, 5.74) is 3.13. The molecule has 0 saturated heterocycles. The lowest BCUT2D eigenvalue weighted by Gasteiger charge is -2.33. The van der Waals surface area contributed by atoms with E-state index < -0.39 is 0 Å². The van der Waals surface area contributed by atoms with Gasteiger partial charge in [-0.25, -0.2) is 0 Å². The molecule has 0 fully saturated rings. The summed E-state index contributed by atoms with van der Waals surface area (Å²) in [4.78, 5) is 0. The van der Waals surface area contributed by atoms with Crippen LogP contribution in [0.5, 0.6) is 0 Å². The lowest BCUT2D eigenvalue weighted by Crippen LogP contribution is -2.16. The van der Waals surface area contributed by atoms with E-state index in [2.05, 4.69) is 36.4 Å². The summed E-state index contributed by atoms with van der Waals surface area (Å²) in [7, 11) is 0. The maximum absolute atomic E-state index is 5.33. The molecule has 0 amide bonds. The van der Waals surface area contributed by atoms with Crippen molar-refractivity contribution in [3.63, 3.8) is 0 Å². The molecule has 0 N–H and O–H groups in total. The van der Waals surface area contributed by atoms with Crippen LogP contribution in [0.2, 0.25) is 0 Å². The van der Waals surface area contributed by atoms with Crippen molar-refractivity contribution in [2.24, 2.45) is 0 Å². The molecule has 1 aromatic heterocycles. The quantitative estimate of drug-likeness (QED) is 0.343. The monoisotopic (exact) mass is 312 g/mol. The van der Waals surface area contributed by atoms with Crippen molar-refractivity contribution in [2.45, 2.75) is 24.7 Å². The molecule has 0 aliphatic heterocycles. The third-order valence-corrected chi connectivity index (χ3v) is 7.23. The average Bonchev–Trinajstić information content (AvgIpc) is 2.83. The Kier molecular flexibility index (Phi) is 2.32. The molecule has 0 radical (unpaired) electrons. The Hall–Kier alpha value is -1.03. The first-order valence-electron chi connectivity index (χ1n) is 6.97. The van der Waals surface area contributed by atoms with Gasteiger partial charge in [0.1, 0.15) is 3.14 Å². The van der Waals surface area contributed by atoms with E-state index in [4.69, 9.17) is 12.2 Å². The minimum Gasteiger partial charge on any atom is -0.113 e. The molecule has 2 bridgehead atoms. The molecule has 3 heteroatoms. The van der Waals surface area contributed by atoms with E-state index in [1.807, 2.05) is 0 Å². The highest BCUT2D eigenvalue weighted by molar-refractivity contribution is 7.77. The van der Waals surface area contributed by atoms with Gasteiger partial charge < -0.3 is 0 Å². The van der Waals surface area contributed by atoms with Crippen LogP contribution in [0, 0.1) is 3.14 Å². The van der Waals surface area contributed by atoms with Gasteiger partial charge in [-0.05, 0) is 46.9 Å². The van der Waals surface area contributed by atoms with Crippen molar-refractivity contribution in [1.29, 1.82) is 0 Å². The first-order valence-corrected chi connectivity index (χ1v) is 9.02. The van der Waals surface area contributed by atoms with Gasteiger partial charge in [-0.15, -0.1) is 22.7 Å². The zero-order valence-corrected chi connectivity index (χ0v) is 13.2. The van der Waals surface area contributed by atoms with E-state index in [-0.39, 0.29) is 0 Å². The maximum atomic E-state index is 5.33. The van der Waals surface area contributed by atoms with E-state index in [1.165, 1.54) is 33.0 Å². The number of hydrogen-bond acceptors (Lipinski definition) is 3. The van der Waals surface area contributed by atoms with Crippen LogP contribution in [0.4, 0.5) is 0 Å². The summed E-state index contributed by atoms with van der Waals surface area (Å²) in [6.45, 7) is 0. The third-order valence-electron chi connectivity index (χ3n) is 4.65. The van der Waals surface area contributed by atoms with E-state index in [1.54, 1.807) is 33.8 Å². The Morgan fingerprint density at radius 3 is 1.75 bits per heavy atom. The van der Waals surface area contributed by atoms with Gasteiger partial charge in [0.2, 0.25) is 0 Å². The van der Waals surface area contributed by atoms with Gasteiger partial charge in [-0.3, -0.25) is 0 Å². The summed E-state index contributed by atoms with van der Waals surface area (Å²) in [6.07, 6.45) is 7.46. The van der Waals surface area contributed by atoms with Gasteiger partial charge in [0.25, 0.3) is 0 Å². The molecule has 0 nitrogen and oxygen atoms in total. The average molecular weight is 312 g/mol. The first-order chi connectivity index (χ1) is 9.78. The van der Waals surface area contributed by atoms with Gasteiger partial charge in [0.15, 0.2) is 0 Å². The molecule has 3 aliphatic carbocycles. The molecular weight excluding hydrogens is 300 g/mol. The molecular formula is C17H12S3. The minimum absolute atomic E-state index is 0.649. The first kappa shape index (κ1) is 11.6. The Labute approximate surface area is 130 Å². The minimum atomic E-state index is 0.649. The fourth-order valence-corrected chi connectivity index (χ4v) is 6.23. The summed E-state index contributed by atoms with van der Waals surface area (Å²) in [5.74, 6) is 1.30. The Morgan fingerprint density at radius 2 is 1.30 bits per heavy atom. The van der Waals surface area contributed by atoms with Crippen molar-refractivity contribution >= 4 is 55.1 Å². The van der Waals surface area contributed by atoms with Crippen LogP contribution < -0.4 is 0 Å². The highest BCUT2D eigenvalue weighted by Gasteiger charge is 2.28. The molecule has 20 heavy (non-hydrogen) atoms. The van der Waals surface area contributed by atoms with Crippen LogP contribution in [0.15, 0.2) is 36.4 Å². The third kappa shape index (κ3) is 1.54. The molecule has 0 saturated carbocycles. The zero-order chi connectivity index (χ0) is 13.3. The normalized spacial score (nSPS) is 23.6. The van der Waals surface area contributed by atoms with Crippen LogP contribution in [-0.4, -0.2) is 0 Å². The molecule has 0 spiro atoms. The summed E-state index contributed by atoms with van der Waals surface area (Å²) in [5, 5.41) is 2.75. The second-order valence-corrected chi connectivity index (χ2v) is 9.04. The molecule has 98 valence electrons. The van der Waals surface area contributed by atoms with Crippen LogP contribution in [0.25, 0.3) is 20.2 Å².